The zero-order chi connectivity index (χ0) is 15.7. The Morgan fingerprint density at radius 2 is 1.86 bits per heavy atom. The number of rotatable bonds is 2. The summed E-state index contributed by atoms with van der Waals surface area (Å²) in [5.41, 5.74) is 2.66. The summed E-state index contributed by atoms with van der Waals surface area (Å²) in [7, 11) is 0. The van der Waals surface area contributed by atoms with Crippen molar-refractivity contribution in [2.24, 2.45) is 0 Å². The van der Waals surface area contributed by atoms with Gasteiger partial charge in [-0.15, -0.1) is 0 Å². The molecule has 0 saturated carbocycles. The Labute approximate surface area is 134 Å². The van der Waals surface area contributed by atoms with Gasteiger partial charge < -0.3 is 10.4 Å². The Morgan fingerprint density at radius 1 is 1.14 bits per heavy atom. The maximum atomic E-state index is 12.4. The lowest BCUT2D eigenvalue weighted by Gasteiger charge is -2.30. The molecular weight excluding hydrogens is 298 g/mol. The SMILES string of the molecule is CC1CCC(NC(=O)c2cccc(Cl)c2O)c2ccccc21. The summed E-state index contributed by atoms with van der Waals surface area (Å²) in [4.78, 5) is 12.4. The Kier molecular flexibility index (Phi) is 4.08. The topological polar surface area (TPSA) is 49.3 Å². The van der Waals surface area contributed by atoms with E-state index in [-0.39, 0.29) is 28.3 Å². The van der Waals surface area contributed by atoms with Crippen LogP contribution >= 0.6 is 11.6 Å². The number of benzene rings is 2. The highest BCUT2D eigenvalue weighted by atomic mass is 35.5. The van der Waals surface area contributed by atoms with E-state index in [1.165, 1.54) is 5.56 Å². The minimum Gasteiger partial charge on any atom is -0.506 e. The largest absolute Gasteiger partial charge is 0.506 e. The molecule has 4 heteroatoms. The Balaban J connectivity index is 1.86. The van der Waals surface area contributed by atoms with Gasteiger partial charge in [-0.1, -0.05) is 48.9 Å². The van der Waals surface area contributed by atoms with E-state index in [4.69, 9.17) is 11.6 Å². The predicted molar refractivity (Wildman–Crippen MR) is 87.4 cm³/mol. The minimum absolute atomic E-state index is 0.0294. The summed E-state index contributed by atoms with van der Waals surface area (Å²) < 4.78 is 0. The number of para-hydroxylation sites is 1. The molecule has 0 radical (unpaired) electrons. The smallest absolute Gasteiger partial charge is 0.255 e. The molecule has 0 fully saturated rings. The molecule has 0 saturated heterocycles. The molecule has 1 amide bonds. The number of hydrogen-bond donors (Lipinski definition) is 2. The third kappa shape index (κ3) is 2.69. The van der Waals surface area contributed by atoms with Crippen LogP contribution in [0.5, 0.6) is 5.75 Å². The van der Waals surface area contributed by atoms with E-state index >= 15 is 0 Å². The van der Waals surface area contributed by atoms with E-state index < -0.39 is 0 Å². The van der Waals surface area contributed by atoms with Gasteiger partial charge >= 0.3 is 0 Å². The molecule has 0 aromatic heterocycles. The first kappa shape index (κ1) is 14.9. The molecule has 1 aliphatic carbocycles. The quantitative estimate of drug-likeness (QED) is 0.862. The average molecular weight is 316 g/mol. The molecule has 2 aromatic rings. The predicted octanol–water partition coefficient (Wildman–Crippen LogP) is 4.41. The van der Waals surface area contributed by atoms with Gasteiger partial charge in [0.2, 0.25) is 0 Å². The van der Waals surface area contributed by atoms with Crippen LogP contribution in [-0.4, -0.2) is 11.0 Å². The standard InChI is InChI=1S/C18H18ClNO2/c1-11-9-10-16(13-6-3-2-5-12(11)13)20-18(22)14-7-4-8-15(19)17(14)21/h2-8,11,16,21H,9-10H2,1H3,(H,20,22). The lowest BCUT2D eigenvalue weighted by Crippen LogP contribution is -2.31. The normalized spacial score (nSPS) is 20.3. The van der Waals surface area contributed by atoms with E-state index in [1.807, 2.05) is 12.1 Å². The maximum absolute atomic E-state index is 12.4. The van der Waals surface area contributed by atoms with Crippen molar-refractivity contribution in [1.82, 2.24) is 5.32 Å². The third-order valence-corrected chi connectivity index (χ3v) is 4.63. The van der Waals surface area contributed by atoms with Crippen LogP contribution in [0.2, 0.25) is 5.02 Å². The van der Waals surface area contributed by atoms with Crippen LogP contribution in [-0.2, 0) is 0 Å². The monoisotopic (exact) mass is 315 g/mol. The van der Waals surface area contributed by atoms with E-state index in [9.17, 15) is 9.90 Å². The van der Waals surface area contributed by atoms with Crippen molar-refractivity contribution in [3.8, 4) is 5.75 Å². The zero-order valence-corrected chi connectivity index (χ0v) is 13.1. The number of carbonyl (C=O) groups excluding carboxylic acids is 1. The number of phenols is 1. The molecule has 3 rings (SSSR count). The van der Waals surface area contributed by atoms with E-state index in [0.717, 1.165) is 18.4 Å². The molecule has 22 heavy (non-hydrogen) atoms. The summed E-state index contributed by atoms with van der Waals surface area (Å²) in [5, 5.41) is 13.1. The van der Waals surface area contributed by atoms with Crippen LogP contribution < -0.4 is 5.32 Å². The van der Waals surface area contributed by atoms with E-state index in [1.54, 1.807) is 18.2 Å². The Hall–Kier alpha value is -2.00. The third-order valence-electron chi connectivity index (χ3n) is 4.33. The zero-order valence-electron chi connectivity index (χ0n) is 12.3. The van der Waals surface area contributed by atoms with Gasteiger partial charge in [-0.05, 0) is 42.0 Å². The fourth-order valence-corrected chi connectivity index (χ4v) is 3.26. The highest BCUT2D eigenvalue weighted by molar-refractivity contribution is 6.32. The molecule has 0 aliphatic heterocycles. The number of nitrogens with one attached hydrogen (secondary N) is 1. The lowest BCUT2D eigenvalue weighted by atomic mass is 9.81. The van der Waals surface area contributed by atoms with Gasteiger partial charge in [0.25, 0.3) is 5.91 Å². The Morgan fingerprint density at radius 3 is 2.64 bits per heavy atom. The first-order valence-corrected chi connectivity index (χ1v) is 7.83. The highest BCUT2D eigenvalue weighted by Crippen LogP contribution is 2.37. The number of fused-ring (bicyclic) bond motifs is 1. The molecule has 2 unspecified atom stereocenters. The van der Waals surface area contributed by atoms with Crippen LogP contribution in [0.1, 0.15) is 53.2 Å². The van der Waals surface area contributed by atoms with Gasteiger partial charge in [0.1, 0.15) is 5.75 Å². The van der Waals surface area contributed by atoms with Gasteiger partial charge in [-0.25, -0.2) is 0 Å². The van der Waals surface area contributed by atoms with E-state index in [2.05, 4.69) is 24.4 Å². The number of halogens is 1. The van der Waals surface area contributed by atoms with Gasteiger partial charge in [0, 0.05) is 0 Å². The highest BCUT2D eigenvalue weighted by Gasteiger charge is 2.26. The number of carbonyl (C=O) groups is 1. The van der Waals surface area contributed by atoms with Crippen molar-refractivity contribution in [3.05, 3.63) is 64.2 Å². The van der Waals surface area contributed by atoms with Crippen molar-refractivity contribution < 1.29 is 9.90 Å². The van der Waals surface area contributed by atoms with Crippen LogP contribution in [0, 0.1) is 0 Å². The molecule has 3 nitrogen and oxygen atoms in total. The molecule has 0 bridgehead atoms. The first-order chi connectivity index (χ1) is 10.6. The fourth-order valence-electron chi connectivity index (χ4n) is 3.09. The minimum atomic E-state index is -0.297. The number of phenolic OH excluding ortho intramolecular Hbond substituents is 1. The summed E-state index contributed by atoms with van der Waals surface area (Å²) in [6.07, 6.45) is 1.93. The number of aromatic hydroxyl groups is 1. The Bertz CT molecular complexity index is 714. The fraction of sp³-hybridized carbons (Fsp3) is 0.278. The van der Waals surface area contributed by atoms with Gasteiger partial charge in [0.05, 0.1) is 16.6 Å². The second kappa shape index (κ2) is 6.01. The van der Waals surface area contributed by atoms with Gasteiger partial charge in [0.15, 0.2) is 0 Å². The molecule has 1 aliphatic rings. The number of amides is 1. The number of hydrogen-bond acceptors (Lipinski definition) is 2. The molecule has 114 valence electrons. The molecule has 0 spiro atoms. The van der Waals surface area contributed by atoms with Crippen molar-refractivity contribution in [2.75, 3.05) is 0 Å². The van der Waals surface area contributed by atoms with Gasteiger partial charge in [-0.2, -0.15) is 0 Å². The lowest BCUT2D eigenvalue weighted by molar-refractivity contribution is 0.0929. The summed E-state index contributed by atoms with van der Waals surface area (Å²) in [6, 6.07) is 13.0. The second-order valence-electron chi connectivity index (χ2n) is 5.77. The van der Waals surface area contributed by atoms with Crippen LogP contribution in [0.15, 0.2) is 42.5 Å². The molecule has 2 N–H and O–H groups in total. The van der Waals surface area contributed by atoms with Crippen LogP contribution in [0.4, 0.5) is 0 Å². The molecule has 0 heterocycles. The van der Waals surface area contributed by atoms with Crippen molar-refractivity contribution >= 4 is 17.5 Å². The first-order valence-electron chi connectivity index (χ1n) is 7.45. The maximum Gasteiger partial charge on any atom is 0.255 e. The van der Waals surface area contributed by atoms with Crippen LogP contribution in [0.25, 0.3) is 0 Å². The van der Waals surface area contributed by atoms with Crippen molar-refractivity contribution in [1.29, 1.82) is 0 Å². The molecule has 2 atom stereocenters. The van der Waals surface area contributed by atoms with E-state index in [0.29, 0.717) is 5.92 Å². The summed E-state index contributed by atoms with van der Waals surface area (Å²) in [5.74, 6) is 0.0393. The summed E-state index contributed by atoms with van der Waals surface area (Å²) in [6.45, 7) is 2.21. The van der Waals surface area contributed by atoms with Crippen LogP contribution in [0.3, 0.4) is 0 Å². The van der Waals surface area contributed by atoms with Gasteiger partial charge in [-0.3, -0.25) is 4.79 Å². The van der Waals surface area contributed by atoms with Crippen molar-refractivity contribution in [3.63, 3.8) is 0 Å². The molecule has 2 aromatic carbocycles. The van der Waals surface area contributed by atoms with Crippen molar-refractivity contribution in [2.45, 2.75) is 31.7 Å². The second-order valence-corrected chi connectivity index (χ2v) is 6.18. The summed E-state index contributed by atoms with van der Waals surface area (Å²) >= 11 is 5.87. The average Bonchev–Trinajstić information content (AvgIpc) is 2.53. The molecular formula is C18H18ClNO2.